The second-order valence-electron chi connectivity index (χ2n) is 5.78. The number of carbonyl (C=O) groups excluding carboxylic acids is 1. The Balaban J connectivity index is 1.85. The maximum atomic E-state index is 12.7. The summed E-state index contributed by atoms with van der Waals surface area (Å²) < 4.78 is 6.44. The Bertz CT molecular complexity index is 983. The predicted molar refractivity (Wildman–Crippen MR) is 101 cm³/mol. The first kappa shape index (κ1) is 18.1. The summed E-state index contributed by atoms with van der Waals surface area (Å²) in [4.78, 5) is 29.1. The zero-order valence-electron chi connectivity index (χ0n) is 14.2. The molecule has 7 heteroatoms. The van der Waals surface area contributed by atoms with Gasteiger partial charge >= 0.3 is 0 Å². The van der Waals surface area contributed by atoms with Crippen molar-refractivity contribution in [2.45, 2.75) is 6.54 Å². The molecule has 1 amide bonds. The molecule has 0 unspecified atom stereocenters. The number of halogens is 1. The van der Waals surface area contributed by atoms with Gasteiger partial charge in [0, 0.05) is 24.2 Å². The summed E-state index contributed by atoms with van der Waals surface area (Å²) in [5, 5.41) is 3.86. The number of fused-ring (bicyclic) bond motifs is 1. The molecule has 2 aromatic carbocycles. The lowest BCUT2D eigenvalue weighted by Crippen LogP contribution is -2.27. The molecule has 26 heavy (non-hydrogen) atoms. The first-order chi connectivity index (χ1) is 12.6. The van der Waals surface area contributed by atoms with Gasteiger partial charge in [0.2, 0.25) is 0 Å². The number of rotatable bonds is 6. The SMILES string of the molecule is COCCNC(=O)c1ccc2c(=O)n(Cc3ccc(Cl)cc3)cnc2c1. The first-order valence-electron chi connectivity index (χ1n) is 8.09. The lowest BCUT2D eigenvalue weighted by Gasteiger charge is -2.08. The van der Waals surface area contributed by atoms with Crippen LogP contribution in [0.4, 0.5) is 0 Å². The van der Waals surface area contributed by atoms with Gasteiger partial charge in [-0.3, -0.25) is 14.2 Å². The summed E-state index contributed by atoms with van der Waals surface area (Å²) in [6.45, 7) is 1.26. The molecule has 0 fully saturated rings. The molecule has 0 aliphatic carbocycles. The lowest BCUT2D eigenvalue weighted by molar-refractivity contribution is 0.0937. The number of hydrogen-bond acceptors (Lipinski definition) is 4. The van der Waals surface area contributed by atoms with Crippen molar-refractivity contribution in [2.75, 3.05) is 20.3 Å². The van der Waals surface area contributed by atoms with Crippen LogP contribution in [-0.2, 0) is 11.3 Å². The average Bonchev–Trinajstić information content (AvgIpc) is 2.65. The van der Waals surface area contributed by atoms with Crippen molar-refractivity contribution in [3.63, 3.8) is 0 Å². The van der Waals surface area contributed by atoms with Gasteiger partial charge in [-0.1, -0.05) is 23.7 Å². The zero-order valence-corrected chi connectivity index (χ0v) is 15.0. The van der Waals surface area contributed by atoms with E-state index in [2.05, 4.69) is 10.3 Å². The second kappa shape index (κ2) is 8.12. The summed E-state index contributed by atoms with van der Waals surface area (Å²) in [5.74, 6) is -0.226. The second-order valence-corrected chi connectivity index (χ2v) is 6.22. The highest BCUT2D eigenvalue weighted by Gasteiger charge is 2.10. The summed E-state index contributed by atoms with van der Waals surface area (Å²) in [5.41, 5.74) is 1.74. The summed E-state index contributed by atoms with van der Waals surface area (Å²) in [7, 11) is 1.57. The van der Waals surface area contributed by atoms with Crippen molar-refractivity contribution < 1.29 is 9.53 Å². The minimum atomic E-state index is -0.226. The number of benzene rings is 2. The van der Waals surface area contributed by atoms with Crippen LogP contribution in [0.25, 0.3) is 10.9 Å². The molecule has 1 N–H and O–H groups in total. The van der Waals surface area contributed by atoms with Gasteiger partial charge in [-0.25, -0.2) is 4.98 Å². The molecule has 0 radical (unpaired) electrons. The monoisotopic (exact) mass is 371 g/mol. The fourth-order valence-corrected chi connectivity index (χ4v) is 2.69. The maximum Gasteiger partial charge on any atom is 0.261 e. The predicted octanol–water partition coefficient (Wildman–Crippen LogP) is 2.47. The summed E-state index contributed by atoms with van der Waals surface area (Å²) >= 11 is 5.88. The molecule has 1 aromatic heterocycles. The zero-order chi connectivity index (χ0) is 18.5. The van der Waals surface area contributed by atoms with Crippen molar-refractivity contribution in [3.05, 3.63) is 75.3 Å². The highest BCUT2D eigenvalue weighted by Crippen LogP contribution is 2.12. The fourth-order valence-electron chi connectivity index (χ4n) is 2.57. The third-order valence-corrected chi connectivity index (χ3v) is 4.20. The molecule has 6 nitrogen and oxygen atoms in total. The van der Waals surface area contributed by atoms with Crippen LogP contribution in [0.2, 0.25) is 5.02 Å². The Kier molecular flexibility index (Phi) is 5.65. The molecule has 1 heterocycles. The van der Waals surface area contributed by atoms with E-state index in [9.17, 15) is 9.59 Å². The molecule has 134 valence electrons. The van der Waals surface area contributed by atoms with E-state index < -0.39 is 0 Å². The number of aromatic nitrogens is 2. The number of amides is 1. The topological polar surface area (TPSA) is 73.2 Å². The number of ether oxygens (including phenoxy) is 1. The highest BCUT2D eigenvalue weighted by molar-refractivity contribution is 6.30. The van der Waals surface area contributed by atoms with Crippen molar-refractivity contribution in [1.29, 1.82) is 0 Å². The lowest BCUT2D eigenvalue weighted by atomic mass is 10.1. The Morgan fingerprint density at radius 3 is 2.73 bits per heavy atom. The Hall–Kier alpha value is -2.70. The molecule has 0 aliphatic heterocycles. The average molecular weight is 372 g/mol. The molecule has 3 rings (SSSR count). The van der Waals surface area contributed by atoms with Gasteiger partial charge in [0.25, 0.3) is 11.5 Å². The molecule has 3 aromatic rings. The van der Waals surface area contributed by atoms with E-state index in [1.165, 1.54) is 10.9 Å². The van der Waals surface area contributed by atoms with Crippen LogP contribution >= 0.6 is 11.6 Å². The molecular weight excluding hydrogens is 354 g/mol. The number of methoxy groups -OCH3 is 1. The van der Waals surface area contributed by atoms with Gasteiger partial charge in [-0.2, -0.15) is 0 Å². The van der Waals surface area contributed by atoms with Crippen LogP contribution in [0, 0.1) is 0 Å². The van der Waals surface area contributed by atoms with Crippen molar-refractivity contribution in [2.24, 2.45) is 0 Å². The van der Waals surface area contributed by atoms with E-state index in [0.717, 1.165) is 5.56 Å². The van der Waals surface area contributed by atoms with Crippen LogP contribution in [0.15, 0.2) is 53.6 Å². The highest BCUT2D eigenvalue weighted by atomic mass is 35.5. The minimum absolute atomic E-state index is 0.156. The third-order valence-electron chi connectivity index (χ3n) is 3.95. The van der Waals surface area contributed by atoms with Crippen LogP contribution in [0.1, 0.15) is 15.9 Å². The molecule has 0 atom stereocenters. The molecule has 0 aliphatic rings. The van der Waals surface area contributed by atoms with E-state index in [0.29, 0.717) is 41.2 Å². The van der Waals surface area contributed by atoms with Crippen LogP contribution < -0.4 is 10.9 Å². The molecule has 0 spiro atoms. The Morgan fingerprint density at radius 1 is 1.23 bits per heavy atom. The van der Waals surface area contributed by atoms with E-state index >= 15 is 0 Å². The number of carbonyl (C=O) groups is 1. The largest absolute Gasteiger partial charge is 0.383 e. The summed E-state index contributed by atoms with van der Waals surface area (Å²) in [6.07, 6.45) is 1.49. The molecule has 0 bridgehead atoms. The van der Waals surface area contributed by atoms with Gasteiger partial charge in [0.1, 0.15) is 0 Å². The Morgan fingerprint density at radius 2 is 2.00 bits per heavy atom. The number of nitrogens with zero attached hydrogens (tertiary/aromatic N) is 2. The van der Waals surface area contributed by atoms with Gasteiger partial charge in [-0.15, -0.1) is 0 Å². The van der Waals surface area contributed by atoms with Crippen molar-refractivity contribution in [3.8, 4) is 0 Å². The van der Waals surface area contributed by atoms with Crippen LogP contribution in [-0.4, -0.2) is 35.7 Å². The van der Waals surface area contributed by atoms with Crippen LogP contribution in [0.5, 0.6) is 0 Å². The normalized spacial score (nSPS) is 10.8. The van der Waals surface area contributed by atoms with E-state index in [4.69, 9.17) is 16.3 Å². The quantitative estimate of drug-likeness (QED) is 0.675. The van der Waals surface area contributed by atoms with E-state index in [1.807, 2.05) is 12.1 Å². The van der Waals surface area contributed by atoms with Crippen LogP contribution in [0.3, 0.4) is 0 Å². The van der Waals surface area contributed by atoms with Gasteiger partial charge < -0.3 is 10.1 Å². The number of hydrogen-bond donors (Lipinski definition) is 1. The smallest absolute Gasteiger partial charge is 0.261 e. The first-order valence-corrected chi connectivity index (χ1v) is 8.47. The maximum absolute atomic E-state index is 12.7. The van der Waals surface area contributed by atoms with Crippen molar-refractivity contribution in [1.82, 2.24) is 14.9 Å². The van der Waals surface area contributed by atoms with Gasteiger partial charge in [0.15, 0.2) is 0 Å². The van der Waals surface area contributed by atoms with Gasteiger partial charge in [-0.05, 0) is 35.9 Å². The van der Waals surface area contributed by atoms with E-state index in [-0.39, 0.29) is 11.5 Å². The summed E-state index contributed by atoms with van der Waals surface area (Å²) in [6, 6.07) is 12.2. The van der Waals surface area contributed by atoms with E-state index in [1.54, 1.807) is 37.4 Å². The minimum Gasteiger partial charge on any atom is -0.383 e. The van der Waals surface area contributed by atoms with Gasteiger partial charge in [0.05, 0.1) is 30.4 Å². The fraction of sp³-hybridized carbons (Fsp3) is 0.211. The Labute approximate surface area is 155 Å². The number of nitrogens with one attached hydrogen (secondary N) is 1. The standard InChI is InChI=1S/C19H18ClN3O3/c1-26-9-8-21-18(24)14-4-7-16-17(10-14)22-12-23(19(16)25)11-13-2-5-15(20)6-3-13/h2-7,10,12H,8-9,11H2,1H3,(H,21,24). The molecule has 0 saturated heterocycles. The molecule has 0 saturated carbocycles. The third kappa shape index (κ3) is 4.09. The molecular formula is C19H18ClN3O3. The van der Waals surface area contributed by atoms with Crippen molar-refractivity contribution >= 4 is 28.4 Å².